The maximum Gasteiger partial charge on any atom is 0.227 e. The van der Waals surface area contributed by atoms with Gasteiger partial charge in [-0.15, -0.1) is 0 Å². The van der Waals surface area contributed by atoms with Crippen LogP contribution in [0.3, 0.4) is 0 Å². The molecule has 0 aliphatic heterocycles. The van der Waals surface area contributed by atoms with E-state index in [1.54, 1.807) is 6.92 Å². The van der Waals surface area contributed by atoms with Gasteiger partial charge in [-0.3, -0.25) is 4.79 Å². The fourth-order valence-corrected chi connectivity index (χ4v) is 1.43. The van der Waals surface area contributed by atoms with E-state index in [1.807, 2.05) is 13.8 Å². The molecule has 0 saturated carbocycles. The fourth-order valence-electron chi connectivity index (χ4n) is 1.43. The van der Waals surface area contributed by atoms with Crippen molar-refractivity contribution >= 4 is 5.91 Å². The highest BCUT2D eigenvalue weighted by molar-refractivity contribution is 5.82. The van der Waals surface area contributed by atoms with Crippen molar-refractivity contribution in [3.8, 4) is 6.07 Å². The molecule has 0 rings (SSSR count). The minimum atomic E-state index is -0.463. The van der Waals surface area contributed by atoms with Gasteiger partial charge in [0.25, 0.3) is 0 Å². The summed E-state index contributed by atoms with van der Waals surface area (Å²) in [6.07, 6.45) is 1.46. The molecule has 0 aromatic heterocycles. The summed E-state index contributed by atoms with van der Waals surface area (Å²) in [4.78, 5) is 11.9. The zero-order chi connectivity index (χ0) is 11.9. The van der Waals surface area contributed by atoms with Crippen molar-refractivity contribution in [2.24, 2.45) is 17.1 Å². The summed E-state index contributed by atoms with van der Waals surface area (Å²) in [5.41, 5.74) is 5.18. The van der Waals surface area contributed by atoms with Gasteiger partial charge in [0, 0.05) is 13.1 Å². The van der Waals surface area contributed by atoms with Crippen LogP contribution in [0.4, 0.5) is 0 Å². The molecule has 1 atom stereocenters. The highest BCUT2D eigenvalue weighted by Gasteiger charge is 2.33. The van der Waals surface area contributed by atoms with Crippen LogP contribution in [0.1, 0.15) is 33.6 Å². The predicted molar refractivity (Wildman–Crippen MR) is 59.9 cm³/mol. The number of carbonyl (C=O) groups is 1. The van der Waals surface area contributed by atoms with E-state index in [1.165, 1.54) is 0 Å². The van der Waals surface area contributed by atoms with Crippen LogP contribution in [-0.2, 0) is 4.79 Å². The summed E-state index contributed by atoms with van der Waals surface area (Å²) >= 11 is 0. The monoisotopic (exact) mass is 211 g/mol. The molecule has 0 bridgehead atoms. The molecule has 1 unspecified atom stereocenters. The van der Waals surface area contributed by atoms with E-state index in [9.17, 15) is 4.79 Å². The quantitative estimate of drug-likeness (QED) is 0.688. The normalized spacial score (nSPS) is 13.0. The lowest BCUT2D eigenvalue weighted by molar-refractivity contribution is -0.131. The van der Waals surface area contributed by atoms with Crippen LogP contribution in [0.5, 0.6) is 0 Å². The van der Waals surface area contributed by atoms with Gasteiger partial charge in [-0.25, -0.2) is 0 Å². The Hall–Kier alpha value is -1.08. The van der Waals surface area contributed by atoms with Crippen molar-refractivity contribution in [1.29, 1.82) is 5.26 Å². The molecule has 86 valence electrons. The van der Waals surface area contributed by atoms with Crippen molar-refractivity contribution < 1.29 is 4.79 Å². The molecule has 15 heavy (non-hydrogen) atoms. The Bertz CT molecular complexity index is 232. The third kappa shape index (κ3) is 3.52. The minimum absolute atomic E-state index is 0.0305. The number of hydrogen-bond acceptors (Lipinski definition) is 3. The lowest BCUT2D eigenvalue weighted by Crippen LogP contribution is -2.46. The van der Waals surface area contributed by atoms with Crippen molar-refractivity contribution in [2.75, 3.05) is 13.1 Å². The molecule has 0 aromatic rings. The Balaban J connectivity index is 4.35. The third-order valence-corrected chi connectivity index (χ3v) is 3.02. The first kappa shape index (κ1) is 13.9. The molecule has 0 aliphatic carbocycles. The number of rotatable bonds is 6. The molecule has 0 heterocycles. The summed E-state index contributed by atoms with van der Waals surface area (Å²) < 4.78 is 0. The van der Waals surface area contributed by atoms with Crippen molar-refractivity contribution in [3.63, 3.8) is 0 Å². The summed E-state index contributed by atoms with van der Waals surface area (Å²) in [5, 5.41) is 11.4. The molecule has 4 heteroatoms. The lowest BCUT2D eigenvalue weighted by Gasteiger charge is -2.28. The first-order chi connectivity index (χ1) is 7.06. The predicted octanol–water partition coefficient (Wildman–Crippen LogP) is 1.03. The molecule has 3 N–H and O–H groups in total. The van der Waals surface area contributed by atoms with E-state index in [0.29, 0.717) is 13.1 Å². The Morgan fingerprint density at radius 1 is 1.53 bits per heavy atom. The third-order valence-electron chi connectivity index (χ3n) is 3.02. The highest BCUT2D eigenvalue weighted by Crippen LogP contribution is 2.24. The van der Waals surface area contributed by atoms with Crippen LogP contribution in [0.25, 0.3) is 0 Å². The van der Waals surface area contributed by atoms with Gasteiger partial charge in [0.1, 0.15) is 0 Å². The number of nitrogens with one attached hydrogen (secondary N) is 1. The van der Waals surface area contributed by atoms with Crippen molar-refractivity contribution in [1.82, 2.24) is 5.32 Å². The summed E-state index contributed by atoms with van der Waals surface area (Å²) in [7, 11) is 0. The van der Waals surface area contributed by atoms with Gasteiger partial charge in [0.2, 0.25) is 5.91 Å². The maximum atomic E-state index is 11.9. The highest BCUT2D eigenvalue weighted by atomic mass is 16.2. The first-order valence-electron chi connectivity index (χ1n) is 5.44. The van der Waals surface area contributed by atoms with E-state index in [-0.39, 0.29) is 11.8 Å². The Morgan fingerprint density at radius 3 is 2.40 bits per heavy atom. The molecule has 1 amide bonds. The zero-order valence-corrected chi connectivity index (χ0v) is 9.84. The zero-order valence-electron chi connectivity index (χ0n) is 9.84. The second-order valence-electron chi connectivity index (χ2n) is 3.93. The van der Waals surface area contributed by atoms with Crippen LogP contribution in [0.15, 0.2) is 0 Å². The molecule has 0 aliphatic rings. The number of nitriles is 1. The molecular weight excluding hydrogens is 190 g/mol. The number of amides is 1. The van der Waals surface area contributed by atoms with Gasteiger partial charge < -0.3 is 11.1 Å². The molecule has 0 radical (unpaired) electrons. The number of nitrogens with two attached hydrogens (primary N) is 1. The first-order valence-corrected chi connectivity index (χ1v) is 5.44. The smallest absolute Gasteiger partial charge is 0.227 e. The second-order valence-corrected chi connectivity index (χ2v) is 3.93. The van der Waals surface area contributed by atoms with E-state index >= 15 is 0 Å². The minimum Gasteiger partial charge on any atom is -0.354 e. The van der Waals surface area contributed by atoms with Crippen LogP contribution in [-0.4, -0.2) is 19.0 Å². The van der Waals surface area contributed by atoms with E-state index in [2.05, 4.69) is 11.4 Å². The van der Waals surface area contributed by atoms with Crippen LogP contribution in [0, 0.1) is 22.7 Å². The van der Waals surface area contributed by atoms with Gasteiger partial charge in [0.05, 0.1) is 17.4 Å². The largest absolute Gasteiger partial charge is 0.354 e. The standard InChI is InChI=1S/C11H21N3O/c1-4-11(5-2,8-13)10(15)14-7-9(3)6-12/h9H,4-5,7-8,13H2,1-3H3,(H,14,15). The van der Waals surface area contributed by atoms with E-state index < -0.39 is 5.41 Å². The fraction of sp³-hybridized carbons (Fsp3) is 0.818. The SMILES string of the molecule is CCC(CC)(CN)C(=O)NCC(C)C#N. The number of hydrogen-bond donors (Lipinski definition) is 2. The Labute approximate surface area is 91.8 Å². The molecule has 0 spiro atoms. The average molecular weight is 211 g/mol. The van der Waals surface area contributed by atoms with Crippen LogP contribution >= 0.6 is 0 Å². The van der Waals surface area contributed by atoms with E-state index in [0.717, 1.165) is 12.8 Å². The topological polar surface area (TPSA) is 78.9 Å². The molecule has 4 nitrogen and oxygen atoms in total. The number of carbonyl (C=O) groups excluding carboxylic acids is 1. The number of nitrogens with zero attached hydrogens (tertiary/aromatic N) is 1. The van der Waals surface area contributed by atoms with Crippen LogP contribution in [0.2, 0.25) is 0 Å². The van der Waals surface area contributed by atoms with E-state index in [4.69, 9.17) is 11.0 Å². The second kappa shape index (κ2) is 6.41. The van der Waals surface area contributed by atoms with Crippen molar-refractivity contribution in [2.45, 2.75) is 33.6 Å². The Morgan fingerprint density at radius 2 is 2.07 bits per heavy atom. The lowest BCUT2D eigenvalue weighted by atomic mass is 9.81. The van der Waals surface area contributed by atoms with Gasteiger partial charge in [-0.2, -0.15) is 5.26 Å². The van der Waals surface area contributed by atoms with Crippen LogP contribution < -0.4 is 11.1 Å². The maximum absolute atomic E-state index is 11.9. The summed E-state index contributed by atoms with van der Waals surface area (Å²) in [5.74, 6) is -0.185. The molecule has 0 fully saturated rings. The van der Waals surface area contributed by atoms with Gasteiger partial charge in [-0.05, 0) is 19.8 Å². The molecular formula is C11H21N3O. The molecule has 0 aromatic carbocycles. The van der Waals surface area contributed by atoms with Gasteiger partial charge in [-0.1, -0.05) is 13.8 Å². The summed E-state index contributed by atoms with van der Waals surface area (Å²) in [6.45, 7) is 6.46. The average Bonchev–Trinajstić information content (AvgIpc) is 2.28. The van der Waals surface area contributed by atoms with Gasteiger partial charge in [0.15, 0.2) is 0 Å². The summed E-state index contributed by atoms with van der Waals surface area (Å²) in [6, 6.07) is 2.08. The van der Waals surface area contributed by atoms with Gasteiger partial charge >= 0.3 is 0 Å². The Kier molecular flexibility index (Phi) is 5.95. The van der Waals surface area contributed by atoms with Crippen molar-refractivity contribution in [3.05, 3.63) is 0 Å². The molecule has 0 saturated heterocycles.